The third-order valence-electron chi connectivity index (χ3n) is 5.32. The molecule has 4 rings (SSSR count). The van der Waals surface area contributed by atoms with Crippen LogP contribution in [0.25, 0.3) is 33.7 Å². The van der Waals surface area contributed by atoms with Gasteiger partial charge in [0.25, 0.3) is 5.89 Å². The summed E-state index contributed by atoms with van der Waals surface area (Å²) in [7, 11) is 0. The van der Waals surface area contributed by atoms with Crippen molar-refractivity contribution >= 4 is 28.5 Å². The van der Waals surface area contributed by atoms with Crippen LogP contribution in [0.2, 0.25) is 5.02 Å². The van der Waals surface area contributed by atoms with E-state index in [4.69, 9.17) is 20.9 Å². The van der Waals surface area contributed by atoms with Crippen molar-refractivity contribution in [1.29, 1.82) is 0 Å². The average molecular weight is 454 g/mol. The Morgan fingerprint density at radius 1 is 1.25 bits per heavy atom. The van der Waals surface area contributed by atoms with Gasteiger partial charge in [0.1, 0.15) is 5.75 Å². The summed E-state index contributed by atoms with van der Waals surface area (Å²) in [6.07, 6.45) is 2.66. The lowest BCUT2D eigenvalue weighted by atomic mass is 9.89. The minimum atomic E-state index is -0.809. The molecule has 0 saturated heterocycles. The fraction of sp³-hybridized carbons (Fsp3) is 0.292. The smallest absolute Gasteiger partial charge is 0.303 e. The number of hydrogen-bond acceptors (Lipinski definition) is 5. The van der Waals surface area contributed by atoms with Crippen LogP contribution in [-0.4, -0.2) is 32.3 Å². The van der Waals surface area contributed by atoms with Crippen LogP contribution in [0.15, 0.2) is 47.1 Å². The SMILES string of the molecule is CCC(CC(=O)O)c1ccc(-c2noc(-c3ccc(OC(C)C)c(Cl)c3)n2)c2[nH]ccc12. The van der Waals surface area contributed by atoms with Gasteiger partial charge in [-0.1, -0.05) is 29.7 Å². The highest BCUT2D eigenvalue weighted by molar-refractivity contribution is 6.32. The number of H-pyrrole nitrogens is 1. The molecule has 0 saturated carbocycles. The van der Waals surface area contributed by atoms with E-state index in [9.17, 15) is 9.90 Å². The van der Waals surface area contributed by atoms with Gasteiger partial charge in [-0.2, -0.15) is 4.98 Å². The number of aromatic amines is 1. The maximum atomic E-state index is 11.3. The molecule has 2 N–H and O–H groups in total. The third-order valence-corrected chi connectivity index (χ3v) is 5.61. The van der Waals surface area contributed by atoms with Crippen LogP contribution in [0.4, 0.5) is 0 Å². The van der Waals surface area contributed by atoms with Crippen LogP contribution >= 0.6 is 11.6 Å². The number of hydrogen-bond donors (Lipinski definition) is 2. The molecule has 32 heavy (non-hydrogen) atoms. The lowest BCUT2D eigenvalue weighted by Gasteiger charge is -2.15. The van der Waals surface area contributed by atoms with Crippen LogP contribution in [0.3, 0.4) is 0 Å². The molecular weight excluding hydrogens is 430 g/mol. The summed E-state index contributed by atoms with van der Waals surface area (Å²) >= 11 is 6.35. The number of nitrogens with zero attached hydrogens (tertiary/aromatic N) is 2. The summed E-state index contributed by atoms with van der Waals surface area (Å²) < 4.78 is 11.2. The summed E-state index contributed by atoms with van der Waals surface area (Å²) in [5.74, 6) is 0.494. The maximum absolute atomic E-state index is 11.3. The zero-order chi connectivity index (χ0) is 22.8. The first-order chi connectivity index (χ1) is 15.4. The van der Waals surface area contributed by atoms with Crippen LogP contribution in [0, 0.1) is 0 Å². The number of ether oxygens (including phenoxy) is 1. The topological polar surface area (TPSA) is 101 Å². The number of rotatable bonds is 8. The predicted molar refractivity (Wildman–Crippen MR) is 123 cm³/mol. The monoisotopic (exact) mass is 453 g/mol. The first-order valence-electron chi connectivity index (χ1n) is 10.5. The van der Waals surface area contributed by atoms with Gasteiger partial charge < -0.3 is 19.4 Å². The standard InChI is InChI=1S/C24H24ClN3O4/c1-4-14(12-21(29)30)16-6-7-18(22-17(16)9-10-26-22)23-27-24(32-28-23)15-5-8-20(19(25)11-15)31-13(2)3/h5-11,13-14,26H,4,12H2,1-3H3,(H,29,30). The second-order valence-corrected chi connectivity index (χ2v) is 8.31. The highest BCUT2D eigenvalue weighted by Crippen LogP contribution is 2.36. The van der Waals surface area contributed by atoms with E-state index in [1.165, 1.54) is 0 Å². The van der Waals surface area contributed by atoms with Crippen molar-refractivity contribution in [2.75, 3.05) is 0 Å². The van der Waals surface area contributed by atoms with E-state index in [1.54, 1.807) is 12.1 Å². The van der Waals surface area contributed by atoms with Crippen molar-refractivity contribution in [1.82, 2.24) is 15.1 Å². The van der Waals surface area contributed by atoms with Gasteiger partial charge in [0, 0.05) is 22.7 Å². The number of carbonyl (C=O) groups is 1. The Hall–Kier alpha value is -3.32. The van der Waals surface area contributed by atoms with E-state index in [1.807, 2.05) is 51.2 Å². The number of carboxylic acids is 1. The minimum Gasteiger partial charge on any atom is -0.489 e. The molecule has 166 valence electrons. The number of aliphatic carboxylic acids is 1. The van der Waals surface area contributed by atoms with Crippen molar-refractivity contribution in [2.24, 2.45) is 0 Å². The van der Waals surface area contributed by atoms with Crippen LogP contribution in [0.1, 0.15) is 45.1 Å². The second kappa shape index (κ2) is 9.04. The van der Waals surface area contributed by atoms with Crippen LogP contribution in [-0.2, 0) is 4.79 Å². The predicted octanol–water partition coefficient (Wildman–Crippen LogP) is 6.29. The zero-order valence-corrected chi connectivity index (χ0v) is 18.8. The van der Waals surface area contributed by atoms with Crippen LogP contribution < -0.4 is 4.74 Å². The van der Waals surface area contributed by atoms with Gasteiger partial charge in [-0.25, -0.2) is 0 Å². The van der Waals surface area contributed by atoms with Gasteiger partial charge >= 0.3 is 5.97 Å². The van der Waals surface area contributed by atoms with E-state index >= 15 is 0 Å². The molecule has 8 heteroatoms. The highest BCUT2D eigenvalue weighted by Gasteiger charge is 2.20. The lowest BCUT2D eigenvalue weighted by molar-refractivity contribution is -0.137. The molecule has 0 aliphatic carbocycles. The fourth-order valence-electron chi connectivity index (χ4n) is 3.84. The Bertz CT molecular complexity index is 1260. The number of fused-ring (bicyclic) bond motifs is 1. The van der Waals surface area contributed by atoms with Gasteiger partial charge in [0.05, 0.1) is 23.1 Å². The molecule has 2 aromatic heterocycles. The molecule has 0 fully saturated rings. The van der Waals surface area contributed by atoms with Gasteiger partial charge in [0.2, 0.25) is 5.82 Å². The van der Waals surface area contributed by atoms with Gasteiger partial charge in [-0.3, -0.25) is 4.79 Å². The molecule has 0 aliphatic heterocycles. The Morgan fingerprint density at radius 2 is 2.06 bits per heavy atom. The number of nitrogens with one attached hydrogen (secondary N) is 1. The maximum Gasteiger partial charge on any atom is 0.303 e. The molecule has 1 atom stereocenters. The number of carboxylic acid groups (broad SMARTS) is 1. The summed E-state index contributed by atoms with van der Waals surface area (Å²) in [5, 5.41) is 14.9. The molecule has 0 aliphatic rings. The Morgan fingerprint density at radius 3 is 2.75 bits per heavy atom. The molecule has 4 aromatic rings. The van der Waals surface area contributed by atoms with E-state index in [0.717, 1.165) is 28.5 Å². The normalized spacial score (nSPS) is 12.4. The van der Waals surface area contributed by atoms with Gasteiger partial charge in [-0.15, -0.1) is 0 Å². The van der Waals surface area contributed by atoms with E-state index in [0.29, 0.717) is 28.1 Å². The van der Waals surface area contributed by atoms with Crippen molar-refractivity contribution in [2.45, 2.75) is 45.6 Å². The molecular formula is C24H24ClN3O4. The molecule has 2 heterocycles. The molecule has 1 unspecified atom stereocenters. The first-order valence-corrected chi connectivity index (χ1v) is 10.9. The number of benzene rings is 2. The summed E-state index contributed by atoms with van der Waals surface area (Å²) in [6.45, 7) is 5.87. The first kappa shape index (κ1) is 21.9. The fourth-order valence-corrected chi connectivity index (χ4v) is 4.06. The van der Waals surface area contributed by atoms with E-state index in [2.05, 4.69) is 15.1 Å². The van der Waals surface area contributed by atoms with Gasteiger partial charge in [-0.05, 0) is 62.1 Å². The molecule has 7 nitrogen and oxygen atoms in total. The summed E-state index contributed by atoms with van der Waals surface area (Å²) in [6, 6.07) is 11.2. The minimum absolute atomic E-state index is 0.0161. The molecule has 2 aromatic carbocycles. The Labute approximate surface area is 190 Å². The molecule has 0 radical (unpaired) electrons. The lowest BCUT2D eigenvalue weighted by Crippen LogP contribution is -2.06. The second-order valence-electron chi connectivity index (χ2n) is 7.91. The molecule has 0 amide bonds. The van der Waals surface area contributed by atoms with Crippen molar-refractivity contribution < 1.29 is 19.2 Å². The molecule has 0 bridgehead atoms. The van der Waals surface area contributed by atoms with E-state index in [-0.39, 0.29) is 18.4 Å². The quantitative estimate of drug-likeness (QED) is 0.325. The highest BCUT2D eigenvalue weighted by atomic mass is 35.5. The average Bonchev–Trinajstić information content (AvgIpc) is 3.42. The van der Waals surface area contributed by atoms with Crippen molar-refractivity contribution in [3.63, 3.8) is 0 Å². The largest absolute Gasteiger partial charge is 0.489 e. The van der Waals surface area contributed by atoms with Gasteiger partial charge in [0.15, 0.2) is 0 Å². The van der Waals surface area contributed by atoms with Crippen LogP contribution in [0.5, 0.6) is 5.75 Å². The Kier molecular flexibility index (Phi) is 6.19. The summed E-state index contributed by atoms with van der Waals surface area (Å²) in [4.78, 5) is 19.1. The van der Waals surface area contributed by atoms with Crippen molar-refractivity contribution in [3.8, 4) is 28.6 Å². The van der Waals surface area contributed by atoms with Crippen molar-refractivity contribution in [3.05, 3.63) is 53.2 Å². The summed E-state index contributed by atoms with van der Waals surface area (Å²) in [5.41, 5.74) is 3.31. The third kappa shape index (κ3) is 4.34. The zero-order valence-electron chi connectivity index (χ0n) is 18.1. The number of halogens is 1. The Balaban J connectivity index is 1.69. The van der Waals surface area contributed by atoms with E-state index < -0.39 is 5.97 Å². The molecule has 0 spiro atoms. The number of aromatic nitrogens is 3.